The fourth-order valence-electron chi connectivity index (χ4n) is 2.68. The van der Waals surface area contributed by atoms with Crippen molar-refractivity contribution in [3.8, 4) is 5.75 Å². The van der Waals surface area contributed by atoms with Gasteiger partial charge < -0.3 is 5.11 Å². The molecule has 1 aromatic rings. The molecule has 6 nitrogen and oxygen atoms in total. The molecule has 1 saturated heterocycles. The van der Waals surface area contributed by atoms with E-state index >= 15 is 0 Å². The van der Waals surface area contributed by atoms with Crippen molar-refractivity contribution in [2.75, 3.05) is 11.5 Å². The minimum absolute atomic E-state index is 0.0729. The lowest BCUT2D eigenvalue weighted by Gasteiger charge is -2.09. The number of hydrazone groups is 1. The molecule has 1 fully saturated rings. The van der Waals surface area contributed by atoms with Crippen LogP contribution >= 0.6 is 0 Å². The summed E-state index contributed by atoms with van der Waals surface area (Å²) in [5, 5.41) is 14.0. The lowest BCUT2D eigenvalue weighted by molar-refractivity contribution is -0.121. The van der Waals surface area contributed by atoms with Gasteiger partial charge in [0.1, 0.15) is 5.75 Å². The van der Waals surface area contributed by atoms with Crippen LogP contribution in [0.2, 0.25) is 0 Å². The van der Waals surface area contributed by atoms with Crippen LogP contribution in [-0.4, -0.2) is 36.6 Å². The van der Waals surface area contributed by atoms with Gasteiger partial charge >= 0.3 is 0 Å². The van der Waals surface area contributed by atoms with E-state index in [-0.39, 0.29) is 35.5 Å². The molecule has 0 aliphatic carbocycles. The monoisotopic (exact) mass is 338 g/mol. The van der Waals surface area contributed by atoms with Gasteiger partial charge in [0.2, 0.25) is 5.91 Å². The molecule has 1 atom stereocenters. The highest BCUT2D eigenvalue weighted by molar-refractivity contribution is 7.91. The van der Waals surface area contributed by atoms with Crippen molar-refractivity contribution in [2.45, 2.75) is 33.1 Å². The molecule has 1 amide bonds. The molecule has 0 unspecified atom stereocenters. The summed E-state index contributed by atoms with van der Waals surface area (Å²) in [5.41, 5.74) is 4.64. The molecular formula is C16H22N2O4S. The molecular weight excluding hydrogens is 316 g/mol. The average molecular weight is 338 g/mol. The zero-order chi connectivity index (χ0) is 17.0. The lowest BCUT2D eigenvalue weighted by Crippen LogP contribution is -2.23. The maximum absolute atomic E-state index is 11.9. The van der Waals surface area contributed by atoms with Gasteiger partial charge in [0.05, 0.1) is 17.2 Å². The normalized spacial score (nSPS) is 20.4. The zero-order valence-corrected chi connectivity index (χ0v) is 14.2. The molecule has 2 N–H and O–H groups in total. The van der Waals surface area contributed by atoms with E-state index in [1.807, 2.05) is 19.9 Å². The molecule has 1 aromatic carbocycles. The topological polar surface area (TPSA) is 95.8 Å². The summed E-state index contributed by atoms with van der Waals surface area (Å²) in [6, 6.07) is 5.21. The van der Waals surface area contributed by atoms with Crippen molar-refractivity contribution in [3.05, 3.63) is 29.3 Å². The largest absolute Gasteiger partial charge is 0.507 e. The van der Waals surface area contributed by atoms with Crippen LogP contribution in [0.3, 0.4) is 0 Å². The van der Waals surface area contributed by atoms with Gasteiger partial charge in [0, 0.05) is 12.0 Å². The third-order valence-electron chi connectivity index (χ3n) is 3.91. The van der Waals surface area contributed by atoms with E-state index < -0.39 is 9.84 Å². The highest BCUT2D eigenvalue weighted by Gasteiger charge is 2.29. The first-order chi connectivity index (χ1) is 10.8. The molecule has 0 radical (unpaired) electrons. The number of hydrogen-bond donors (Lipinski definition) is 2. The standard InChI is InChI=1S/C16H22N2O4S/c1-3-14(13-8-11(2)4-5-15(13)19)17-18-16(20)9-12-6-7-23(21,22)10-12/h4-5,8,12,19H,3,6-7,9-10H2,1-2H3,(H,18,20)/b17-14+/t12-/m0/s1. The number of phenols is 1. The maximum Gasteiger partial charge on any atom is 0.240 e. The predicted molar refractivity (Wildman–Crippen MR) is 89.2 cm³/mol. The molecule has 0 bridgehead atoms. The first kappa shape index (κ1) is 17.5. The molecule has 126 valence electrons. The number of benzene rings is 1. The number of phenolic OH excluding ortho intramolecular Hbond substituents is 1. The first-order valence-corrected chi connectivity index (χ1v) is 9.48. The SMILES string of the molecule is CC/C(=N\NC(=O)C[C@@H]1CCS(=O)(=O)C1)c1cc(C)ccc1O. The summed E-state index contributed by atoms with van der Waals surface area (Å²) in [6.07, 6.45) is 1.23. The molecule has 1 aliphatic heterocycles. The summed E-state index contributed by atoms with van der Waals surface area (Å²) in [4.78, 5) is 11.9. The van der Waals surface area contributed by atoms with Crippen LogP contribution in [0.4, 0.5) is 0 Å². The minimum Gasteiger partial charge on any atom is -0.507 e. The highest BCUT2D eigenvalue weighted by Crippen LogP contribution is 2.22. The van der Waals surface area contributed by atoms with Crippen LogP contribution in [0.25, 0.3) is 0 Å². The molecule has 1 heterocycles. The van der Waals surface area contributed by atoms with Gasteiger partial charge in [-0.05, 0) is 37.8 Å². The molecule has 0 spiro atoms. The van der Waals surface area contributed by atoms with Gasteiger partial charge in [-0.2, -0.15) is 5.10 Å². The summed E-state index contributed by atoms with van der Waals surface area (Å²) >= 11 is 0. The Bertz CT molecular complexity index is 726. The van der Waals surface area contributed by atoms with Gasteiger partial charge in [-0.25, -0.2) is 13.8 Å². The number of aromatic hydroxyl groups is 1. The molecule has 23 heavy (non-hydrogen) atoms. The second-order valence-electron chi connectivity index (χ2n) is 5.94. The van der Waals surface area contributed by atoms with Crippen molar-refractivity contribution < 1.29 is 18.3 Å². The number of carbonyl (C=O) groups excluding carboxylic acids is 1. The quantitative estimate of drug-likeness (QED) is 0.631. The van der Waals surface area contributed by atoms with Crippen LogP contribution < -0.4 is 5.43 Å². The molecule has 0 aromatic heterocycles. The number of nitrogens with zero attached hydrogens (tertiary/aromatic N) is 1. The smallest absolute Gasteiger partial charge is 0.240 e. The zero-order valence-electron chi connectivity index (χ0n) is 13.4. The number of hydrogen-bond acceptors (Lipinski definition) is 5. The molecule has 7 heteroatoms. The van der Waals surface area contributed by atoms with Crippen molar-refractivity contribution in [3.63, 3.8) is 0 Å². The van der Waals surface area contributed by atoms with E-state index in [2.05, 4.69) is 10.5 Å². The van der Waals surface area contributed by atoms with E-state index in [0.717, 1.165) is 5.56 Å². The first-order valence-electron chi connectivity index (χ1n) is 7.66. The average Bonchev–Trinajstić information content (AvgIpc) is 2.82. The Kier molecular flexibility index (Phi) is 5.41. The Morgan fingerprint density at radius 1 is 1.43 bits per heavy atom. The molecule has 2 rings (SSSR count). The van der Waals surface area contributed by atoms with Crippen LogP contribution in [0.5, 0.6) is 5.75 Å². The number of aryl methyl sites for hydroxylation is 1. The number of sulfone groups is 1. The number of nitrogens with one attached hydrogen (secondary N) is 1. The number of amides is 1. The summed E-state index contributed by atoms with van der Waals surface area (Å²) in [6.45, 7) is 3.80. The van der Waals surface area contributed by atoms with Crippen molar-refractivity contribution in [1.29, 1.82) is 0 Å². The van der Waals surface area contributed by atoms with E-state index in [4.69, 9.17) is 0 Å². The van der Waals surface area contributed by atoms with Gasteiger partial charge in [-0.3, -0.25) is 4.79 Å². The Morgan fingerprint density at radius 2 is 2.17 bits per heavy atom. The summed E-state index contributed by atoms with van der Waals surface area (Å²) in [5.74, 6) is -0.0835. The van der Waals surface area contributed by atoms with Crippen molar-refractivity contribution in [2.24, 2.45) is 11.0 Å². The third kappa shape index (κ3) is 4.79. The molecule has 0 saturated carbocycles. The Balaban J connectivity index is 2.02. The van der Waals surface area contributed by atoms with E-state index in [0.29, 0.717) is 24.1 Å². The van der Waals surface area contributed by atoms with E-state index in [9.17, 15) is 18.3 Å². The molecule has 1 aliphatic rings. The van der Waals surface area contributed by atoms with Crippen molar-refractivity contribution in [1.82, 2.24) is 5.43 Å². The van der Waals surface area contributed by atoms with Gasteiger partial charge in [0.15, 0.2) is 9.84 Å². The lowest BCUT2D eigenvalue weighted by atomic mass is 10.0. The van der Waals surface area contributed by atoms with Gasteiger partial charge in [0.25, 0.3) is 0 Å². The second kappa shape index (κ2) is 7.12. The summed E-state index contributed by atoms with van der Waals surface area (Å²) < 4.78 is 22.8. The fourth-order valence-corrected chi connectivity index (χ4v) is 4.54. The Labute approximate surface area is 136 Å². The second-order valence-corrected chi connectivity index (χ2v) is 8.17. The van der Waals surface area contributed by atoms with E-state index in [1.165, 1.54) is 0 Å². The minimum atomic E-state index is -2.98. The predicted octanol–water partition coefficient (Wildman–Crippen LogP) is 1.76. The Morgan fingerprint density at radius 3 is 2.78 bits per heavy atom. The van der Waals surface area contributed by atoms with Gasteiger partial charge in [-0.1, -0.05) is 18.6 Å². The van der Waals surface area contributed by atoms with E-state index in [1.54, 1.807) is 12.1 Å². The number of carbonyl (C=O) groups is 1. The van der Waals surface area contributed by atoms with Crippen LogP contribution in [0, 0.1) is 12.8 Å². The van der Waals surface area contributed by atoms with Crippen LogP contribution in [0.15, 0.2) is 23.3 Å². The third-order valence-corrected chi connectivity index (χ3v) is 5.75. The van der Waals surface area contributed by atoms with Gasteiger partial charge in [-0.15, -0.1) is 0 Å². The fraction of sp³-hybridized carbons (Fsp3) is 0.500. The number of rotatable bonds is 5. The highest BCUT2D eigenvalue weighted by atomic mass is 32.2. The summed E-state index contributed by atoms with van der Waals surface area (Å²) in [7, 11) is -2.98. The van der Waals surface area contributed by atoms with Crippen molar-refractivity contribution >= 4 is 21.5 Å². The van der Waals surface area contributed by atoms with Crippen LogP contribution in [-0.2, 0) is 14.6 Å². The Hall–Kier alpha value is -1.89. The van der Waals surface area contributed by atoms with Crippen LogP contribution in [0.1, 0.15) is 37.3 Å². The maximum atomic E-state index is 11.9.